The number of hydrogen-bond donors (Lipinski definition) is 0. The highest BCUT2D eigenvalue weighted by atomic mass is 16.6. The first-order valence-electron chi connectivity index (χ1n) is 5.56. The Balaban J connectivity index is 2.04. The van der Waals surface area contributed by atoms with E-state index in [1.54, 1.807) is 0 Å². The van der Waals surface area contributed by atoms with E-state index in [2.05, 4.69) is 0 Å². The lowest BCUT2D eigenvalue weighted by Gasteiger charge is -2.31. The summed E-state index contributed by atoms with van der Waals surface area (Å²) in [5.41, 5.74) is 0.954. The van der Waals surface area contributed by atoms with E-state index in [0.717, 1.165) is 17.5 Å². The Morgan fingerprint density at radius 2 is 1.81 bits per heavy atom. The van der Waals surface area contributed by atoms with E-state index in [1.807, 2.05) is 24.3 Å². The van der Waals surface area contributed by atoms with Crippen LogP contribution in [0, 0.1) is 0 Å². The van der Waals surface area contributed by atoms with E-state index >= 15 is 0 Å². The molecule has 1 aromatic rings. The number of benzene rings is 1. The van der Waals surface area contributed by atoms with Crippen molar-refractivity contribution in [2.75, 3.05) is 0 Å². The Hall–Kier alpha value is -1.64. The lowest BCUT2D eigenvalue weighted by Crippen LogP contribution is -2.42. The molecule has 3 rings (SSSR count). The molecular formula is C13H12O3. The molecule has 1 saturated heterocycles. The number of ketones is 1. The van der Waals surface area contributed by atoms with Crippen LogP contribution in [0.4, 0.5) is 0 Å². The number of aryl methyl sites for hydroxylation is 1. The quantitative estimate of drug-likeness (QED) is 0.622. The molecule has 0 saturated carbocycles. The minimum absolute atomic E-state index is 0.0137. The van der Waals surface area contributed by atoms with Gasteiger partial charge in [0.25, 0.3) is 0 Å². The Morgan fingerprint density at radius 3 is 2.56 bits per heavy atom. The molecule has 3 nitrogen and oxygen atoms in total. The highest BCUT2D eigenvalue weighted by molar-refractivity contribution is 6.06. The van der Waals surface area contributed by atoms with Crippen LogP contribution in [0.15, 0.2) is 24.3 Å². The average Bonchev–Trinajstić information content (AvgIpc) is 2.68. The third kappa shape index (κ3) is 1.21. The predicted molar refractivity (Wildman–Crippen MR) is 57.2 cm³/mol. The third-order valence-corrected chi connectivity index (χ3v) is 3.52. The van der Waals surface area contributed by atoms with Crippen LogP contribution in [0.5, 0.6) is 0 Å². The van der Waals surface area contributed by atoms with Gasteiger partial charge < -0.3 is 4.74 Å². The SMILES string of the molecule is O=C1CCC2(CCc3ccccc3C2=O)O1. The van der Waals surface area contributed by atoms with Crippen LogP contribution >= 0.6 is 0 Å². The van der Waals surface area contributed by atoms with Crippen molar-refractivity contribution in [1.82, 2.24) is 0 Å². The van der Waals surface area contributed by atoms with Gasteiger partial charge in [0.2, 0.25) is 5.78 Å². The smallest absolute Gasteiger partial charge is 0.306 e. The molecule has 1 aromatic carbocycles. The number of ether oxygens (including phenoxy) is 1. The van der Waals surface area contributed by atoms with E-state index < -0.39 is 5.60 Å². The van der Waals surface area contributed by atoms with Gasteiger partial charge in [0, 0.05) is 18.4 Å². The summed E-state index contributed by atoms with van der Waals surface area (Å²) >= 11 is 0. The molecule has 0 N–H and O–H groups in total. The number of Topliss-reactive ketones (excluding diaryl/α,β-unsaturated/α-hetero) is 1. The van der Waals surface area contributed by atoms with Gasteiger partial charge in [0.1, 0.15) is 0 Å². The molecule has 0 aromatic heterocycles. The molecule has 1 heterocycles. The van der Waals surface area contributed by atoms with Crippen molar-refractivity contribution in [3.8, 4) is 0 Å². The van der Waals surface area contributed by atoms with Crippen LogP contribution in [0.2, 0.25) is 0 Å². The van der Waals surface area contributed by atoms with E-state index in [1.165, 1.54) is 0 Å². The van der Waals surface area contributed by atoms with Crippen molar-refractivity contribution >= 4 is 11.8 Å². The van der Waals surface area contributed by atoms with Crippen LogP contribution in [-0.2, 0) is 16.0 Å². The van der Waals surface area contributed by atoms with Crippen molar-refractivity contribution < 1.29 is 14.3 Å². The number of esters is 1. The van der Waals surface area contributed by atoms with Gasteiger partial charge in [-0.05, 0) is 18.4 Å². The molecule has 0 bridgehead atoms. The van der Waals surface area contributed by atoms with Crippen LogP contribution in [0.3, 0.4) is 0 Å². The Morgan fingerprint density at radius 1 is 1.06 bits per heavy atom. The summed E-state index contributed by atoms with van der Waals surface area (Å²) in [5.74, 6) is -0.257. The fraction of sp³-hybridized carbons (Fsp3) is 0.385. The van der Waals surface area contributed by atoms with E-state index in [4.69, 9.17) is 4.74 Å². The molecule has 1 fully saturated rings. The maximum absolute atomic E-state index is 12.3. The lowest BCUT2D eigenvalue weighted by atomic mass is 9.78. The van der Waals surface area contributed by atoms with E-state index in [-0.39, 0.29) is 11.8 Å². The summed E-state index contributed by atoms with van der Waals surface area (Å²) in [7, 11) is 0. The zero-order valence-electron chi connectivity index (χ0n) is 8.86. The molecule has 0 amide bonds. The molecule has 2 aliphatic rings. The van der Waals surface area contributed by atoms with Gasteiger partial charge in [-0.25, -0.2) is 0 Å². The minimum Gasteiger partial charge on any atom is -0.451 e. The van der Waals surface area contributed by atoms with Crippen molar-refractivity contribution in [2.24, 2.45) is 0 Å². The first kappa shape index (κ1) is 9.58. The molecule has 3 heteroatoms. The maximum Gasteiger partial charge on any atom is 0.306 e. The van der Waals surface area contributed by atoms with Gasteiger partial charge in [0.05, 0.1) is 0 Å². The summed E-state index contributed by atoms with van der Waals surface area (Å²) in [6.45, 7) is 0. The number of rotatable bonds is 0. The number of carbonyl (C=O) groups excluding carboxylic acids is 2. The second-order valence-electron chi connectivity index (χ2n) is 4.45. The standard InChI is InChI=1S/C13H12O3/c14-11-6-8-13(16-11)7-5-9-3-1-2-4-10(9)12(13)15/h1-4H,5-8H2. The fourth-order valence-electron chi connectivity index (χ4n) is 2.62. The monoisotopic (exact) mass is 216 g/mol. The van der Waals surface area contributed by atoms with Crippen molar-refractivity contribution in [1.29, 1.82) is 0 Å². The number of fused-ring (bicyclic) bond motifs is 1. The fourth-order valence-corrected chi connectivity index (χ4v) is 2.62. The zero-order chi connectivity index (χ0) is 11.2. The number of carbonyl (C=O) groups is 2. The first-order chi connectivity index (χ1) is 7.71. The third-order valence-electron chi connectivity index (χ3n) is 3.52. The second-order valence-corrected chi connectivity index (χ2v) is 4.45. The molecule has 1 atom stereocenters. The molecule has 1 unspecified atom stereocenters. The first-order valence-corrected chi connectivity index (χ1v) is 5.56. The van der Waals surface area contributed by atoms with Crippen LogP contribution in [-0.4, -0.2) is 17.4 Å². The summed E-state index contributed by atoms with van der Waals surface area (Å²) in [6.07, 6.45) is 2.36. The van der Waals surface area contributed by atoms with Gasteiger partial charge in [0.15, 0.2) is 5.60 Å². The van der Waals surface area contributed by atoms with E-state index in [9.17, 15) is 9.59 Å². The Bertz CT molecular complexity index is 478. The highest BCUT2D eigenvalue weighted by Crippen LogP contribution is 2.38. The van der Waals surface area contributed by atoms with E-state index in [0.29, 0.717) is 19.3 Å². The molecule has 1 spiro atoms. The van der Waals surface area contributed by atoms with Crippen LogP contribution in [0.1, 0.15) is 35.2 Å². The maximum atomic E-state index is 12.3. The molecule has 0 radical (unpaired) electrons. The second kappa shape index (κ2) is 3.17. The van der Waals surface area contributed by atoms with Gasteiger partial charge in [-0.3, -0.25) is 9.59 Å². The van der Waals surface area contributed by atoms with Gasteiger partial charge in [-0.2, -0.15) is 0 Å². The normalized spacial score (nSPS) is 28.0. The molecule has 1 aliphatic carbocycles. The van der Waals surface area contributed by atoms with Crippen molar-refractivity contribution in [3.05, 3.63) is 35.4 Å². The average molecular weight is 216 g/mol. The summed E-state index contributed by atoms with van der Waals surface area (Å²) in [6, 6.07) is 7.58. The Labute approximate surface area is 93.4 Å². The summed E-state index contributed by atoms with van der Waals surface area (Å²) in [5, 5.41) is 0. The summed E-state index contributed by atoms with van der Waals surface area (Å²) in [4.78, 5) is 23.5. The number of hydrogen-bond acceptors (Lipinski definition) is 3. The highest BCUT2D eigenvalue weighted by Gasteiger charge is 2.49. The lowest BCUT2D eigenvalue weighted by molar-refractivity contribution is -0.145. The van der Waals surface area contributed by atoms with Crippen LogP contribution in [0.25, 0.3) is 0 Å². The zero-order valence-corrected chi connectivity index (χ0v) is 8.86. The largest absolute Gasteiger partial charge is 0.451 e. The summed E-state index contributed by atoms with van der Waals surface area (Å²) < 4.78 is 5.27. The van der Waals surface area contributed by atoms with Crippen molar-refractivity contribution in [2.45, 2.75) is 31.3 Å². The van der Waals surface area contributed by atoms with Gasteiger partial charge >= 0.3 is 5.97 Å². The topological polar surface area (TPSA) is 43.4 Å². The molecule has 16 heavy (non-hydrogen) atoms. The van der Waals surface area contributed by atoms with Gasteiger partial charge in [-0.15, -0.1) is 0 Å². The molecule has 82 valence electrons. The molecule has 1 aliphatic heterocycles. The predicted octanol–water partition coefficient (Wildman–Crippen LogP) is 1.89. The molecular weight excluding hydrogens is 204 g/mol. The Kier molecular flexibility index (Phi) is 1.90. The van der Waals surface area contributed by atoms with Gasteiger partial charge in [-0.1, -0.05) is 24.3 Å². The van der Waals surface area contributed by atoms with Crippen molar-refractivity contribution in [3.63, 3.8) is 0 Å². The van der Waals surface area contributed by atoms with Crippen LogP contribution < -0.4 is 0 Å². The minimum atomic E-state index is -0.842.